The Hall–Kier alpha value is -6.32. The molecule has 290 valence electrons. The van der Waals surface area contributed by atoms with Crippen molar-refractivity contribution in [2.24, 2.45) is 5.16 Å². The number of β-lactam (4-membered cyclic amide) rings is 1. The molecule has 2 amide bonds. The van der Waals surface area contributed by atoms with Crippen LogP contribution in [0.5, 0.6) is 17.2 Å². The number of nitrogens with two attached hydrogens (primary N) is 2. The first-order valence-electron chi connectivity index (χ1n) is 16.3. The fourth-order valence-corrected chi connectivity index (χ4v) is 7.82. The smallest absolute Gasteiger partial charge is 0.355 e. The lowest BCUT2D eigenvalue weighted by atomic mass is 10.0. The summed E-state index contributed by atoms with van der Waals surface area (Å²) in [4.78, 5) is 72.3. The third-order valence-corrected chi connectivity index (χ3v) is 10.8. The van der Waals surface area contributed by atoms with Crippen molar-refractivity contribution < 1.29 is 48.8 Å². The minimum absolute atomic E-state index is 0.00478. The van der Waals surface area contributed by atoms with E-state index in [0.717, 1.165) is 23.5 Å². The lowest BCUT2D eigenvalue weighted by molar-refractivity contribution is -0.153. The molecule has 0 saturated carbocycles. The number of allylic oxidation sites excluding steroid dienone is 1. The van der Waals surface area contributed by atoms with Crippen LogP contribution in [-0.2, 0) is 35.4 Å². The van der Waals surface area contributed by atoms with Gasteiger partial charge in [0, 0.05) is 28.6 Å². The van der Waals surface area contributed by atoms with Crippen molar-refractivity contribution in [3.8, 4) is 17.2 Å². The monoisotopic (exact) mass is 820 g/mol. The summed E-state index contributed by atoms with van der Waals surface area (Å²) in [5.74, 6) is -3.33. The number of nitrogens with zero attached hydrogens (tertiary/aromatic N) is 5. The average Bonchev–Trinajstić information content (AvgIpc) is 3.62. The van der Waals surface area contributed by atoms with Gasteiger partial charge in [-0.1, -0.05) is 47.3 Å². The van der Waals surface area contributed by atoms with Gasteiger partial charge in [0.2, 0.25) is 6.10 Å². The first-order valence-corrected chi connectivity index (χ1v) is 19.2. The highest BCUT2D eigenvalue weighted by Gasteiger charge is 2.54. The third kappa shape index (κ3) is 8.96. The minimum Gasteiger partial charge on any atom is -0.504 e. The number of hydrogen-bond acceptors (Lipinski definition) is 18. The Morgan fingerprint density at radius 1 is 1.12 bits per heavy atom. The van der Waals surface area contributed by atoms with Crippen LogP contribution in [0.2, 0.25) is 0 Å². The van der Waals surface area contributed by atoms with Crippen LogP contribution in [0.1, 0.15) is 22.9 Å². The topological polar surface area (TPSA) is 275 Å². The second-order valence-electron chi connectivity index (χ2n) is 11.7. The van der Waals surface area contributed by atoms with Crippen LogP contribution in [0.15, 0.2) is 93.8 Å². The number of phenols is 2. The first kappa shape index (κ1) is 39.4. The van der Waals surface area contributed by atoms with Gasteiger partial charge in [-0.05, 0) is 41.5 Å². The first-order chi connectivity index (χ1) is 26.9. The van der Waals surface area contributed by atoms with E-state index >= 15 is 0 Å². The van der Waals surface area contributed by atoms with Crippen molar-refractivity contribution >= 4 is 75.3 Å². The molecule has 0 spiro atoms. The number of nitrogen functional groups attached to an aromatic ring is 2. The predicted octanol–water partition coefficient (Wildman–Crippen LogP) is 2.81. The summed E-state index contributed by atoms with van der Waals surface area (Å²) in [6, 6.07) is 10.6. The van der Waals surface area contributed by atoms with Gasteiger partial charge in [-0.25, -0.2) is 24.5 Å². The Morgan fingerprint density at radius 2 is 1.91 bits per heavy atom. The van der Waals surface area contributed by atoms with Gasteiger partial charge in [-0.15, -0.1) is 23.1 Å². The molecule has 2 aliphatic heterocycles. The molecule has 4 aromatic rings. The molecular weight excluding hydrogens is 789 g/mol. The molecule has 0 radical (unpaired) electrons. The van der Waals surface area contributed by atoms with Gasteiger partial charge in [-0.2, -0.15) is 0 Å². The Labute approximate surface area is 330 Å². The lowest BCUT2D eigenvalue weighted by Gasteiger charge is -2.49. The van der Waals surface area contributed by atoms with Gasteiger partial charge < -0.3 is 46.4 Å². The third-order valence-electron chi connectivity index (χ3n) is 8.04. The van der Waals surface area contributed by atoms with E-state index in [2.05, 4.69) is 25.4 Å². The van der Waals surface area contributed by atoms with E-state index < -0.39 is 58.5 Å². The van der Waals surface area contributed by atoms with Crippen LogP contribution in [0, 0.1) is 0 Å². The summed E-state index contributed by atoms with van der Waals surface area (Å²) in [5, 5.41) is 37.0. The molecular formula is C35H32N8O10S3. The molecule has 2 aromatic carbocycles. The number of ether oxygens (including phenoxy) is 2. The molecule has 3 atom stereocenters. The second-order valence-corrected chi connectivity index (χ2v) is 14.7. The number of methoxy groups -OCH3 is 1. The van der Waals surface area contributed by atoms with Gasteiger partial charge >= 0.3 is 11.9 Å². The van der Waals surface area contributed by atoms with E-state index in [-0.39, 0.29) is 34.4 Å². The molecule has 56 heavy (non-hydrogen) atoms. The van der Waals surface area contributed by atoms with E-state index in [9.17, 15) is 34.5 Å². The van der Waals surface area contributed by atoms with Crippen molar-refractivity contribution in [3.63, 3.8) is 0 Å². The number of aromatic nitrogens is 3. The Kier molecular flexibility index (Phi) is 12.3. The molecule has 18 nitrogen and oxygen atoms in total. The number of carbonyl (C=O) groups excluding carboxylic acids is 3. The van der Waals surface area contributed by atoms with Crippen molar-refractivity contribution in [1.82, 2.24) is 25.2 Å². The number of aromatic hydroxyl groups is 2. The number of thioether (sulfide) groups is 2. The number of amides is 2. The molecule has 1 saturated heterocycles. The molecule has 1 unspecified atom stereocenters. The minimum atomic E-state index is -1.82. The number of rotatable bonds is 15. The highest BCUT2D eigenvalue weighted by atomic mass is 32.2. The lowest BCUT2D eigenvalue weighted by Crippen LogP contribution is -2.71. The van der Waals surface area contributed by atoms with Crippen LogP contribution < -0.4 is 21.5 Å². The normalized spacial score (nSPS) is 17.2. The standard InChI is InChI=1S/C35H32N8O10S3/c1-51-20-7-4-17(5-8-20)14-52-33(50)27-19(3-2-12-54-35-38-11-10-24(36)40-35)15-55-31-26(30(47)43(27)31)41-29(46)25(21-16-56-34(37)39-21)42-53-28(32(48)49)18-6-9-22(44)23(45)13-18/h2-11,13,16,26,28,31,44-45H,12,14-15H2,1H3,(H2,37,39)(H,41,46)(H,48,49)(H2,36,38,40)/b3-2+,42-25-/t26-,28?,31-/m1/s1. The van der Waals surface area contributed by atoms with Crippen molar-refractivity contribution in [1.29, 1.82) is 0 Å². The van der Waals surface area contributed by atoms with E-state index in [0.29, 0.717) is 33.6 Å². The highest BCUT2D eigenvalue weighted by Crippen LogP contribution is 2.41. The molecule has 2 aliphatic rings. The van der Waals surface area contributed by atoms with Crippen LogP contribution in [0.4, 0.5) is 10.9 Å². The number of esters is 1. The molecule has 0 aliphatic carbocycles. The van der Waals surface area contributed by atoms with Crippen LogP contribution in [-0.4, -0.2) is 94.7 Å². The Bertz CT molecular complexity index is 2250. The quantitative estimate of drug-likeness (QED) is 0.0191. The maximum Gasteiger partial charge on any atom is 0.355 e. The summed E-state index contributed by atoms with van der Waals surface area (Å²) in [6.45, 7) is -0.0936. The number of oxime groups is 1. The molecule has 0 bridgehead atoms. The number of aliphatic carboxylic acids is 1. The van der Waals surface area contributed by atoms with Gasteiger partial charge in [0.15, 0.2) is 27.5 Å². The fourth-order valence-electron chi connectivity index (χ4n) is 5.30. The number of benzene rings is 2. The Morgan fingerprint density at radius 3 is 2.59 bits per heavy atom. The summed E-state index contributed by atoms with van der Waals surface area (Å²) >= 11 is 3.58. The van der Waals surface area contributed by atoms with Crippen molar-refractivity contribution in [2.75, 3.05) is 30.1 Å². The maximum absolute atomic E-state index is 13.8. The number of hydrogen-bond donors (Lipinski definition) is 6. The van der Waals surface area contributed by atoms with E-state index in [1.807, 2.05) is 0 Å². The zero-order valence-electron chi connectivity index (χ0n) is 29.1. The number of anilines is 2. The Balaban J connectivity index is 1.22. The number of fused-ring (bicyclic) bond motifs is 1. The van der Waals surface area contributed by atoms with E-state index in [1.54, 1.807) is 48.7 Å². The summed E-state index contributed by atoms with van der Waals surface area (Å²) in [6.07, 6.45) is 3.23. The molecule has 21 heteroatoms. The number of carboxylic acid groups (broad SMARTS) is 1. The van der Waals surface area contributed by atoms with Gasteiger partial charge in [0.05, 0.1) is 7.11 Å². The fraction of sp³-hybridized carbons (Fsp3) is 0.200. The largest absolute Gasteiger partial charge is 0.504 e. The summed E-state index contributed by atoms with van der Waals surface area (Å²) < 4.78 is 10.9. The van der Waals surface area contributed by atoms with Crippen LogP contribution in [0.3, 0.4) is 0 Å². The van der Waals surface area contributed by atoms with Gasteiger partial charge in [0.25, 0.3) is 11.8 Å². The number of phenolic OH excluding ortho intramolecular Hbond substituents is 2. The van der Waals surface area contributed by atoms with Gasteiger partial charge in [0.1, 0.15) is 41.0 Å². The second kappa shape index (κ2) is 17.4. The molecule has 8 N–H and O–H groups in total. The summed E-state index contributed by atoms with van der Waals surface area (Å²) in [7, 11) is 1.53. The number of nitrogens with one attached hydrogen (secondary N) is 1. The number of carbonyl (C=O) groups is 4. The van der Waals surface area contributed by atoms with Crippen LogP contribution in [0.25, 0.3) is 0 Å². The van der Waals surface area contributed by atoms with Gasteiger partial charge in [-0.3, -0.25) is 14.5 Å². The van der Waals surface area contributed by atoms with Crippen LogP contribution >= 0.6 is 34.9 Å². The molecule has 6 rings (SSSR count). The van der Waals surface area contributed by atoms with E-state index in [1.165, 1.54) is 47.0 Å². The highest BCUT2D eigenvalue weighted by molar-refractivity contribution is 8.00. The van der Waals surface area contributed by atoms with Crippen molar-refractivity contribution in [2.45, 2.75) is 29.3 Å². The molecule has 2 aromatic heterocycles. The van der Waals surface area contributed by atoms with E-state index in [4.69, 9.17) is 25.8 Å². The zero-order chi connectivity index (χ0) is 39.9. The number of carboxylic acids is 1. The SMILES string of the molecule is COc1ccc(COC(=O)C2=C(/C=C/CSc3nccc(N)n3)CS[C@@H]3[C@H](NC(=O)/C(=N\OC(C(=O)O)c4ccc(O)c(O)c4)c4csc(N)n4)C(=O)N23)cc1. The summed E-state index contributed by atoms with van der Waals surface area (Å²) in [5.41, 5.74) is 12.1. The average molecular weight is 821 g/mol. The molecule has 1 fully saturated rings. The van der Waals surface area contributed by atoms with Crippen molar-refractivity contribution in [3.05, 3.63) is 100 Å². The predicted molar refractivity (Wildman–Crippen MR) is 205 cm³/mol. The molecule has 4 heterocycles. The zero-order valence-corrected chi connectivity index (χ0v) is 31.5. The maximum atomic E-state index is 13.8. The number of thiazole rings is 1.